The van der Waals surface area contributed by atoms with E-state index in [1.54, 1.807) is 11.4 Å². The van der Waals surface area contributed by atoms with E-state index in [1.807, 2.05) is 13.8 Å². The number of nitrogens with one attached hydrogen (secondary N) is 2. The third-order valence-corrected chi connectivity index (χ3v) is 3.17. The summed E-state index contributed by atoms with van der Waals surface area (Å²) in [6, 6.07) is 1.74. The van der Waals surface area contributed by atoms with E-state index in [-0.39, 0.29) is 12.5 Å². The fourth-order valence-corrected chi connectivity index (χ4v) is 2.13. The van der Waals surface area contributed by atoms with E-state index >= 15 is 0 Å². The van der Waals surface area contributed by atoms with Gasteiger partial charge in [0.2, 0.25) is 11.8 Å². The normalized spacial score (nSPS) is 10.6. The van der Waals surface area contributed by atoms with Crippen molar-refractivity contribution in [2.24, 2.45) is 11.7 Å². The van der Waals surface area contributed by atoms with Crippen molar-refractivity contribution in [3.8, 4) is 0 Å². The van der Waals surface area contributed by atoms with Gasteiger partial charge in [0.1, 0.15) is 0 Å². The van der Waals surface area contributed by atoms with Crippen molar-refractivity contribution in [1.82, 2.24) is 10.6 Å². The van der Waals surface area contributed by atoms with Gasteiger partial charge in [-0.05, 0) is 12.0 Å². The highest BCUT2D eigenvalue weighted by Crippen LogP contribution is 2.13. The lowest BCUT2D eigenvalue weighted by Crippen LogP contribution is -2.35. The zero-order valence-electron chi connectivity index (χ0n) is 10.7. The molecule has 0 bridgehead atoms. The number of rotatable bonds is 7. The van der Waals surface area contributed by atoms with E-state index in [0.717, 1.165) is 4.88 Å². The lowest BCUT2D eigenvalue weighted by molar-refractivity contribution is -0.120. The fourth-order valence-electron chi connectivity index (χ4n) is 1.28. The van der Waals surface area contributed by atoms with Gasteiger partial charge in [-0.2, -0.15) is 0 Å². The summed E-state index contributed by atoms with van der Waals surface area (Å²) in [5.41, 5.74) is 5.67. The predicted molar refractivity (Wildman–Crippen MR) is 72.4 cm³/mol. The molecular formula is C12H19N3O2S. The number of primary amides is 1. The Kier molecular flexibility index (Phi) is 5.80. The van der Waals surface area contributed by atoms with Crippen molar-refractivity contribution in [1.29, 1.82) is 0 Å². The Hall–Kier alpha value is -1.40. The predicted octanol–water partition coefficient (Wildman–Crippen LogP) is 0.709. The first-order valence-electron chi connectivity index (χ1n) is 5.83. The van der Waals surface area contributed by atoms with Gasteiger partial charge in [-0.15, -0.1) is 11.3 Å². The van der Waals surface area contributed by atoms with Crippen molar-refractivity contribution in [2.75, 3.05) is 13.1 Å². The Bertz CT molecular complexity index is 415. The van der Waals surface area contributed by atoms with Crippen molar-refractivity contribution in [3.05, 3.63) is 21.9 Å². The van der Waals surface area contributed by atoms with E-state index in [9.17, 15) is 9.59 Å². The molecule has 0 aromatic carbocycles. The summed E-state index contributed by atoms with van der Waals surface area (Å²) in [7, 11) is 0. The molecule has 0 aliphatic rings. The van der Waals surface area contributed by atoms with Gasteiger partial charge < -0.3 is 16.4 Å². The van der Waals surface area contributed by atoms with E-state index in [4.69, 9.17) is 5.73 Å². The first-order chi connectivity index (χ1) is 8.49. The number of carbonyl (C=O) groups is 2. The molecule has 1 rings (SSSR count). The Balaban J connectivity index is 2.24. The summed E-state index contributed by atoms with van der Waals surface area (Å²) >= 11 is 1.45. The summed E-state index contributed by atoms with van der Waals surface area (Å²) < 4.78 is 0. The van der Waals surface area contributed by atoms with Crippen LogP contribution >= 0.6 is 11.3 Å². The number of amides is 2. The molecule has 0 spiro atoms. The van der Waals surface area contributed by atoms with E-state index in [1.165, 1.54) is 11.3 Å². The molecule has 0 unspecified atom stereocenters. The van der Waals surface area contributed by atoms with Crippen molar-refractivity contribution >= 4 is 23.2 Å². The van der Waals surface area contributed by atoms with E-state index in [2.05, 4.69) is 10.6 Å². The highest BCUT2D eigenvalue weighted by Gasteiger charge is 2.05. The lowest BCUT2D eigenvalue weighted by atomic mass is 10.2. The molecule has 1 heterocycles. The molecule has 2 amide bonds. The maximum Gasteiger partial charge on any atom is 0.249 e. The van der Waals surface area contributed by atoms with Crippen LogP contribution in [0.5, 0.6) is 0 Å². The molecule has 0 fully saturated rings. The highest BCUT2D eigenvalue weighted by molar-refractivity contribution is 7.10. The summed E-state index contributed by atoms with van der Waals surface area (Å²) in [4.78, 5) is 23.3. The van der Waals surface area contributed by atoms with Gasteiger partial charge in [0.15, 0.2) is 0 Å². The summed E-state index contributed by atoms with van der Waals surface area (Å²) in [5, 5.41) is 7.56. The monoisotopic (exact) mass is 269 g/mol. The minimum Gasteiger partial charge on any atom is -0.366 e. The van der Waals surface area contributed by atoms with Gasteiger partial charge in [0.25, 0.3) is 0 Å². The van der Waals surface area contributed by atoms with Crippen LogP contribution in [0.4, 0.5) is 0 Å². The van der Waals surface area contributed by atoms with Gasteiger partial charge >= 0.3 is 0 Å². The van der Waals surface area contributed by atoms with Gasteiger partial charge in [-0.3, -0.25) is 9.59 Å². The first-order valence-corrected chi connectivity index (χ1v) is 6.71. The van der Waals surface area contributed by atoms with Crippen molar-refractivity contribution < 1.29 is 9.59 Å². The van der Waals surface area contributed by atoms with Crippen LogP contribution in [0, 0.1) is 5.92 Å². The second-order valence-corrected chi connectivity index (χ2v) is 5.46. The molecule has 0 atom stereocenters. The Morgan fingerprint density at radius 3 is 2.72 bits per heavy atom. The van der Waals surface area contributed by atoms with Crippen LogP contribution in [0.2, 0.25) is 0 Å². The second kappa shape index (κ2) is 7.13. The third-order valence-electron chi connectivity index (χ3n) is 2.23. The molecule has 0 saturated heterocycles. The number of hydrogen-bond donors (Lipinski definition) is 3. The average molecular weight is 269 g/mol. The smallest absolute Gasteiger partial charge is 0.249 e. The molecule has 1 aromatic heterocycles. The van der Waals surface area contributed by atoms with Crippen LogP contribution in [-0.4, -0.2) is 24.9 Å². The zero-order chi connectivity index (χ0) is 13.5. The molecule has 18 heavy (non-hydrogen) atoms. The topological polar surface area (TPSA) is 84.2 Å². The van der Waals surface area contributed by atoms with Crippen LogP contribution in [0.15, 0.2) is 11.4 Å². The second-order valence-electron chi connectivity index (χ2n) is 4.47. The highest BCUT2D eigenvalue weighted by atomic mass is 32.1. The molecule has 0 radical (unpaired) electrons. The van der Waals surface area contributed by atoms with Crippen LogP contribution in [0.1, 0.15) is 29.1 Å². The molecular weight excluding hydrogens is 250 g/mol. The van der Waals surface area contributed by atoms with Crippen molar-refractivity contribution in [2.45, 2.75) is 20.4 Å². The van der Waals surface area contributed by atoms with E-state index < -0.39 is 5.91 Å². The molecule has 6 heteroatoms. The van der Waals surface area contributed by atoms with Crippen LogP contribution in [0.25, 0.3) is 0 Å². The lowest BCUT2D eigenvalue weighted by Gasteiger charge is -2.07. The maximum atomic E-state index is 11.4. The summed E-state index contributed by atoms with van der Waals surface area (Å²) in [6.45, 7) is 5.62. The van der Waals surface area contributed by atoms with Gasteiger partial charge in [-0.25, -0.2) is 0 Å². The molecule has 0 aliphatic heterocycles. The van der Waals surface area contributed by atoms with Crippen LogP contribution < -0.4 is 16.4 Å². The standard InChI is InChI=1S/C12H19N3O2S/c1-8(2)4-15-11(16)6-14-5-10-3-9(7-18-10)12(13)17/h3,7-8,14H,4-6H2,1-2H3,(H2,13,17)(H,15,16). The Morgan fingerprint density at radius 2 is 2.17 bits per heavy atom. The Morgan fingerprint density at radius 1 is 1.44 bits per heavy atom. The molecule has 0 aliphatic carbocycles. The number of thiophene rings is 1. The van der Waals surface area contributed by atoms with Gasteiger partial charge in [0, 0.05) is 23.3 Å². The fraction of sp³-hybridized carbons (Fsp3) is 0.500. The zero-order valence-corrected chi connectivity index (χ0v) is 11.5. The average Bonchev–Trinajstić information content (AvgIpc) is 2.75. The first kappa shape index (κ1) is 14.7. The molecule has 1 aromatic rings. The number of nitrogens with two attached hydrogens (primary N) is 1. The quantitative estimate of drug-likeness (QED) is 0.681. The van der Waals surface area contributed by atoms with Gasteiger partial charge in [-0.1, -0.05) is 13.8 Å². The summed E-state index contributed by atoms with van der Waals surface area (Å²) in [5.74, 6) is 0.00641. The summed E-state index contributed by atoms with van der Waals surface area (Å²) in [6.07, 6.45) is 0. The number of hydrogen-bond acceptors (Lipinski definition) is 4. The Labute approximate surface area is 111 Å². The molecule has 4 N–H and O–H groups in total. The third kappa shape index (κ3) is 5.29. The van der Waals surface area contributed by atoms with Crippen molar-refractivity contribution in [3.63, 3.8) is 0 Å². The number of carbonyl (C=O) groups excluding carboxylic acids is 2. The largest absolute Gasteiger partial charge is 0.366 e. The van der Waals surface area contributed by atoms with Crippen LogP contribution in [0.3, 0.4) is 0 Å². The minimum absolute atomic E-state index is 0.0182. The minimum atomic E-state index is -0.424. The van der Waals surface area contributed by atoms with Crippen LogP contribution in [-0.2, 0) is 11.3 Å². The van der Waals surface area contributed by atoms with Gasteiger partial charge in [0.05, 0.1) is 12.1 Å². The SMILES string of the molecule is CC(C)CNC(=O)CNCc1cc(C(N)=O)cs1. The van der Waals surface area contributed by atoms with E-state index in [0.29, 0.717) is 24.6 Å². The molecule has 100 valence electrons. The maximum absolute atomic E-state index is 11.4. The molecule has 5 nitrogen and oxygen atoms in total. The molecule has 0 saturated carbocycles.